The van der Waals surface area contributed by atoms with Gasteiger partial charge in [-0.3, -0.25) is 9.89 Å². The Kier molecular flexibility index (Phi) is 9.29. The maximum absolute atomic E-state index is 6.05. The molecule has 0 aromatic heterocycles. The molecule has 2 aliphatic rings. The van der Waals surface area contributed by atoms with Gasteiger partial charge in [0.05, 0.1) is 13.2 Å². The third-order valence-corrected chi connectivity index (χ3v) is 6.39. The number of hydrogen-bond donors (Lipinski definition) is 2. The average molecular weight is 511 g/mol. The number of rotatable bonds is 5. The molecule has 0 saturated carbocycles. The van der Waals surface area contributed by atoms with Gasteiger partial charge in [0, 0.05) is 49.5 Å². The van der Waals surface area contributed by atoms with Gasteiger partial charge in [-0.2, -0.15) is 11.8 Å². The van der Waals surface area contributed by atoms with Crippen LogP contribution in [0.15, 0.2) is 29.3 Å². The molecule has 146 valence electrons. The van der Waals surface area contributed by atoms with Gasteiger partial charge >= 0.3 is 0 Å². The van der Waals surface area contributed by atoms with Crippen LogP contribution >= 0.6 is 47.3 Å². The van der Waals surface area contributed by atoms with Gasteiger partial charge in [-0.05, 0) is 29.9 Å². The van der Waals surface area contributed by atoms with E-state index in [2.05, 4.69) is 26.6 Å². The van der Waals surface area contributed by atoms with Crippen LogP contribution in [0.5, 0.6) is 0 Å². The molecule has 2 N–H and O–H groups in total. The van der Waals surface area contributed by atoms with Crippen LogP contribution in [-0.4, -0.2) is 67.8 Å². The highest BCUT2D eigenvalue weighted by Gasteiger charge is 2.40. The fourth-order valence-corrected chi connectivity index (χ4v) is 5.13. The van der Waals surface area contributed by atoms with E-state index >= 15 is 0 Å². The lowest BCUT2D eigenvalue weighted by Gasteiger charge is -2.43. The third kappa shape index (κ3) is 5.89. The van der Waals surface area contributed by atoms with Crippen molar-refractivity contribution in [3.63, 3.8) is 0 Å². The van der Waals surface area contributed by atoms with Gasteiger partial charge in [-0.15, -0.1) is 24.0 Å². The van der Waals surface area contributed by atoms with Crippen molar-refractivity contribution in [1.82, 2.24) is 15.5 Å². The lowest BCUT2D eigenvalue weighted by molar-refractivity contribution is -0.0120. The summed E-state index contributed by atoms with van der Waals surface area (Å²) in [5.74, 6) is 3.24. The Bertz CT molecular complexity index is 592. The molecule has 3 rings (SSSR count). The van der Waals surface area contributed by atoms with Crippen molar-refractivity contribution in [2.24, 2.45) is 4.99 Å². The molecule has 8 heteroatoms. The molecule has 1 aromatic rings. The number of halogens is 2. The summed E-state index contributed by atoms with van der Waals surface area (Å²) in [7, 11) is 1.82. The lowest BCUT2D eigenvalue weighted by Crippen LogP contribution is -2.60. The number of ether oxygens (including phenoxy) is 1. The van der Waals surface area contributed by atoms with Gasteiger partial charge in [0.15, 0.2) is 5.96 Å². The SMILES string of the molecule is CN=C(NCc1cccc(Cl)c1)NCC1(N2CCOCC2)CCSC1.I. The van der Waals surface area contributed by atoms with Crippen molar-refractivity contribution in [2.75, 3.05) is 51.4 Å². The monoisotopic (exact) mass is 510 g/mol. The maximum Gasteiger partial charge on any atom is 0.191 e. The summed E-state index contributed by atoms with van der Waals surface area (Å²) in [4.78, 5) is 6.98. The lowest BCUT2D eigenvalue weighted by atomic mass is 9.95. The van der Waals surface area contributed by atoms with Crippen molar-refractivity contribution in [3.05, 3.63) is 34.9 Å². The zero-order chi connectivity index (χ0) is 17.5. The largest absolute Gasteiger partial charge is 0.379 e. The van der Waals surface area contributed by atoms with Crippen molar-refractivity contribution >= 4 is 53.3 Å². The van der Waals surface area contributed by atoms with E-state index in [0.29, 0.717) is 6.54 Å². The standard InChI is InChI=1S/C18H27ClN4OS.HI/c1-20-17(21-12-15-3-2-4-16(19)11-15)22-13-18(5-10-25-14-18)23-6-8-24-9-7-23;/h2-4,11H,5-10,12-14H2,1H3,(H2,20,21,22);1H. The molecule has 1 unspecified atom stereocenters. The van der Waals surface area contributed by atoms with E-state index in [-0.39, 0.29) is 29.5 Å². The highest BCUT2D eigenvalue weighted by atomic mass is 127. The van der Waals surface area contributed by atoms with Crippen molar-refractivity contribution in [3.8, 4) is 0 Å². The van der Waals surface area contributed by atoms with Crippen LogP contribution in [0.4, 0.5) is 0 Å². The summed E-state index contributed by atoms with van der Waals surface area (Å²) in [6.45, 7) is 5.35. The summed E-state index contributed by atoms with van der Waals surface area (Å²) in [6, 6.07) is 7.90. The minimum Gasteiger partial charge on any atom is -0.379 e. The predicted octanol–water partition coefficient (Wildman–Crippen LogP) is 2.83. The Balaban J connectivity index is 0.00000243. The topological polar surface area (TPSA) is 48.9 Å². The summed E-state index contributed by atoms with van der Waals surface area (Å²) in [5.41, 5.74) is 1.36. The molecule has 2 aliphatic heterocycles. The van der Waals surface area contributed by atoms with E-state index in [9.17, 15) is 0 Å². The minimum absolute atomic E-state index is 0. The molecule has 2 saturated heterocycles. The van der Waals surface area contributed by atoms with Gasteiger partial charge in [-0.25, -0.2) is 0 Å². The highest BCUT2D eigenvalue weighted by Crippen LogP contribution is 2.33. The van der Waals surface area contributed by atoms with Crippen LogP contribution in [0.1, 0.15) is 12.0 Å². The number of morpholine rings is 1. The fraction of sp³-hybridized carbons (Fsp3) is 0.611. The highest BCUT2D eigenvalue weighted by molar-refractivity contribution is 14.0. The van der Waals surface area contributed by atoms with Crippen LogP contribution in [0.25, 0.3) is 0 Å². The Labute approximate surface area is 182 Å². The van der Waals surface area contributed by atoms with Crippen molar-refractivity contribution < 1.29 is 4.74 Å². The number of nitrogens with one attached hydrogen (secondary N) is 2. The minimum atomic E-state index is 0. The quantitative estimate of drug-likeness (QED) is 0.362. The molecule has 2 heterocycles. The van der Waals surface area contributed by atoms with Crippen LogP contribution in [-0.2, 0) is 11.3 Å². The third-order valence-electron chi connectivity index (χ3n) is 4.92. The number of guanidine groups is 1. The summed E-state index contributed by atoms with van der Waals surface area (Å²) in [6.07, 6.45) is 1.22. The second-order valence-corrected chi connectivity index (χ2v) is 8.08. The van der Waals surface area contributed by atoms with Crippen LogP contribution in [0.3, 0.4) is 0 Å². The Morgan fingerprint density at radius 2 is 2.15 bits per heavy atom. The van der Waals surface area contributed by atoms with Crippen LogP contribution in [0, 0.1) is 0 Å². The second-order valence-electron chi connectivity index (χ2n) is 6.54. The first-order valence-corrected chi connectivity index (χ1v) is 10.3. The fourth-order valence-electron chi connectivity index (χ4n) is 3.44. The van der Waals surface area contributed by atoms with E-state index in [1.54, 1.807) is 0 Å². The van der Waals surface area contributed by atoms with E-state index in [4.69, 9.17) is 16.3 Å². The number of thioether (sulfide) groups is 1. The Morgan fingerprint density at radius 3 is 2.81 bits per heavy atom. The molecule has 0 radical (unpaired) electrons. The zero-order valence-corrected chi connectivity index (χ0v) is 19.1. The molecular weight excluding hydrogens is 483 g/mol. The summed E-state index contributed by atoms with van der Waals surface area (Å²) in [5, 5.41) is 7.69. The Hall–Kier alpha value is -0.220. The molecule has 5 nitrogen and oxygen atoms in total. The molecule has 0 bridgehead atoms. The van der Waals surface area contributed by atoms with E-state index < -0.39 is 0 Å². The molecule has 0 spiro atoms. The van der Waals surface area contributed by atoms with Gasteiger partial charge in [0.2, 0.25) is 0 Å². The first-order chi connectivity index (χ1) is 12.2. The number of nitrogens with zero attached hydrogens (tertiary/aromatic N) is 2. The molecule has 0 aliphatic carbocycles. The molecule has 1 aromatic carbocycles. The summed E-state index contributed by atoms with van der Waals surface area (Å²) >= 11 is 8.10. The van der Waals surface area contributed by atoms with Crippen LogP contribution < -0.4 is 10.6 Å². The molecule has 26 heavy (non-hydrogen) atoms. The van der Waals surface area contributed by atoms with Gasteiger partial charge in [0.1, 0.15) is 0 Å². The smallest absolute Gasteiger partial charge is 0.191 e. The van der Waals surface area contributed by atoms with Crippen molar-refractivity contribution in [1.29, 1.82) is 0 Å². The van der Waals surface area contributed by atoms with E-state index in [1.807, 2.05) is 37.0 Å². The molecule has 1 atom stereocenters. The van der Waals surface area contributed by atoms with Gasteiger partial charge in [-0.1, -0.05) is 23.7 Å². The summed E-state index contributed by atoms with van der Waals surface area (Å²) < 4.78 is 5.53. The first kappa shape index (κ1) is 22.1. The average Bonchev–Trinajstić information content (AvgIpc) is 3.13. The molecule has 2 fully saturated rings. The predicted molar refractivity (Wildman–Crippen MR) is 122 cm³/mol. The maximum atomic E-state index is 6.05. The number of hydrogen-bond acceptors (Lipinski definition) is 4. The van der Waals surface area contributed by atoms with E-state index in [1.165, 1.54) is 17.9 Å². The van der Waals surface area contributed by atoms with Gasteiger partial charge in [0.25, 0.3) is 0 Å². The number of benzene rings is 1. The zero-order valence-electron chi connectivity index (χ0n) is 15.2. The first-order valence-electron chi connectivity index (χ1n) is 8.81. The molecular formula is C18H28ClIN4OS. The van der Waals surface area contributed by atoms with Crippen LogP contribution in [0.2, 0.25) is 5.02 Å². The second kappa shape index (κ2) is 10.9. The van der Waals surface area contributed by atoms with E-state index in [0.717, 1.165) is 49.4 Å². The van der Waals surface area contributed by atoms with Crippen molar-refractivity contribution in [2.45, 2.75) is 18.5 Å². The number of aliphatic imine (C=N–C) groups is 1. The normalized spacial score (nSPS) is 24.2. The molecule has 0 amide bonds. The Morgan fingerprint density at radius 1 is 1.35 bits per heavy atom. The van der Waals surface area contributed by atoms with Gasteiger partial charge < -0.3 is 15.4 Å².